The molecule has 5 nitrogen and oxygen atoms in total. The molecule has 5 heteroatoms. The lowest BCUT2D eigenvalue weighted by Gasteiger charge is -2.18. The Balaban J connectivity index is 1.62. The van der Waals surface area contributed by atoms with Crippen LogP contribution in [-0.2, 0) is 6.42 Å². The predicted octanol–water partition coefficient (Wildman–Crippen LogP) is 4.43. The first-order valence-corrected chi connectivity index (χ1v) is 8.69. The summed E-state index contributed by atoms with van der Waals surface area (Å²) in [4.78, 5) is 22.9. The lowest BCUT2D eigenvalue weighted by molar-refractivity contribution is 0.101. The second kappa shape index (κ2) is 6.59. The number of Topliss-reactive ketones (excluding diaryl/α,β-unsaturated/α-hetero) is 1. The summed E-state index contributed by atoms with van der Waals surface area (Å²) in [6, 6.07) is 17.7. The van der Waals surface area contributed by atoms with Crippen LogP contribution in [0.15, 0.2) is 54.6 Å². The molecular weight excluding hydrogens is 324 g/mol. The molecule has 0 spiro atoms. The average molecular weight is 344 g/mol. The van der Waals surface area contributed by atoms with Crippen molar-refractivity contribution >= 4 is 28.9 Å². The number of hydrogen-bond acceptors (Lipinski definition) is 5. The molecule has 0 unspecified atom stereocenters. The third-order valence-corrected chi connectivity index (χ3v) is 4.53. The van der Waals surface area contributed by atoms with E-state index >= 15 is 0 Å². The zero-order valence-electron chi connectivity index (χ0n) is 14.9. The number of ketones is 1. The Labute approximate surface area is 152 Å². The molecule has 1 aliphatic heterocycles. The number of nitrogens with one attached hydrogen (secondary N) is 1. The molecule has 0 aliphatic carbocycles. The zero-order valence-corrected chi connectivity index (χ0v) is 14.9. The third-order valence-electron chi connectivity index (χ3n) is 4.53. The minimum Gasteiger partial charge on any atom is -0.340 e. The standard InChI is InChI=1S/C21H20N4O/c1-14-13-20(23-18-9-7-16(8-10-18)15(2)26)24-21(22-14)25-12-11-17-5-3-4-6-19(17)25/h3-10,13H,11-12H2,1-2H3,(H,22,23,24). The highest BCUT2D eigenvalue weighted by Gasteiger charge is 2.22. The van der Waals surface area contributed by atoms with E-state index in [1.54, 1.807) is 6.92 Å². The fourth-order valence-corrected chi connectivity index (χ4v) is 3.22. The molecule has 1 aromatic heterocycles. The van der Waals surface area contributed by atoms with Crippen molar-refractivity contribution in [2.75, 3.05) is 16.8 Å². The first-order chi connectivity index (χ1) is 12.6. The van der Waals surface area contributed by atoms with Crippen molar-refractivity contribution in [3.05, 3.63) is 71.4 Å². The van der Waals surface area contributed by atoms with Gasteiger partial charge in [-0.1, -0.05) is 18.2 Å². The summed E-state index contributed by atoms with van der Waals surface area (Å²) in [5.74, 6) is 1.51. The molecule has 2 aromatic carbocycles. The number of carbonyl (C=O) groups excluding carboxylic acids is 1. The number of benzene rings is 2. The van der Waals surface area contributed by atoms with Crippen molar-refractivity contribution in [1.82, 2.24) is 9.97 Å². The smallest absolute Gasteiger partial charge is 0.232 e. The molecule has 2 heterocycles. The Bertz CT molecular complexity index is 966. The van der Waals surface area contributed by atoms with Crippen LogP contribution in [0.5, 0.6) is 0 Å². The Morgan fingerprint density at radius 2 is 1.85 bits per heavy atom. The van der Waals surface area contributed by atoms with Gasteiger partial charge in [0.1, 0.15) is 5.82 Å². The van der Waals surface area contributed by atoms with E-state index in [4.69, 9.17) is 4.98 Å². The molecule has 0 saturated heterocycles. The Kier molecular flexibility index (Phi) is 4.13. The molecule has 0 amide bonds. The van der Waals surface area contributed by atoms with Crippen molar-refractivity contribution in [2.45, 2.75) is 20.3 Å². The molecule has 0 fully saturated rings. The van der Waals surface area contributed by atoms with E-state index in [0.717, 1.165) is 30.2 Å². The molecular formula is C21H20N4O. The Morgan fingerprint density at radius 1 is 1.08 bits per heavy atom. The number of aryl methyl sites for hydroxylation is 1. The molecule has 1 N–H and O–H groups in total. The van der Waals surface area contributed by atoms with Gasteiger partial charge in [0, 0.05) is 35.2 Å². The van der Waals surface area contributed by atoms with E-state index in [1.165, 1.54) is 11.3 Å². The number of nitrogens with zero attached hydrogens (tertiary/aromatic N) is 3. The van der Waals surface area contributed by atoms with Crippen LogP contribution in [0.4, 0.5) is 23.1 Å². The predicted molar refractivity (Wildman–Crippen MR) is 104 cm³/mol. The molecule has 0 saturated carbocycles. The number of anilines is 4. The SMILES string of the molecule is CC(=O)c1ccc(Nc2cc(C)nc(N3CCc4ccccc43)n2)cc1. The first-order valence-electron chi connectivity index (χ1n) is 8.69. The molecule has 26 heavy (non-hydrogen) atoms. The zero-order chi connectivity index (χ0) is 18.1. The fraction of sp³-hybridized carbons (Fsp3) is 0.190. The molecule has 130 valence electrons. The van der Waals surface area contributed by atoms with Crippen LogP contribution in [-0.4, -0.2) is 22.3 Å². The average Bonchev–Trinajstić information content (AvgIpc) is 3.06. The maximum absolute atomic E-state index is 11.4. The number of fused-ring (bicyclic) bond motifs is 1. The summed E-state index contributed by atoms with van der Waals surface area (Å²) < 4.78 is 0. The second-order valence-electron chi connectivity index (χ2n) is 6.48. The van der Waals surface area contributed by atoms with Crippen LogP contribution in [0.1, 0.15) is 28.5 Å². The quantitative estimate of drug-likeness (QED) is 0.710. The Hall–Kier alpha value is -3.21. The lowest BCUT2D eigenvalue weighted by Crippen LogP contribution is -2.17. The van der Waals surface area contributed by atoms with Crippen molar-refractivity contribution in [3.8, 4) is 0 Å². The summed E-state index contributed by atoms with van der Waals surface area (Å²) in [6.45, 7) is 4.42. The van der Waals surface area contributed by atoms with E-state index in [1.807, 2.05) is 43.3 Å². The molecule has 3 aromatic rings. The van der Waals surface area contributed by atoms with Crippen LogP contribution in [0.3, 0.4) is 0 Å². The van der Waals surface area contributed by atoms with E-state index in [9.17, 15) is 4.79 Å². The van der Waals surface area contributed by atoms with Gasteiger partial charge >= 0.3 is 0 Å². The number of carbonyl (C=O) groups is 1. The highest BCUT2D eigenvalue weighted by molar-refractivity contribution is 5.94. The Morgan fingerprint density at radius 3 is 2.62 bits per heavy atom. The van der Waals surface area contributed by atoms with Gasteiger partial charge in [-0.25, -0.2) is 4.98 Å². The third kappa shape index (κ3) is 3.16. The first kappa shape index (κ1) is 16.3. The van der Waals surface area contributed by atoms with Gasteiger partial charge in [-0.2, -0.15) is 4.98 Å². The maximum Gasteiger partial charge on any atom is 0.232 e. The normalized spacial score (nSPS) is 12.8. The molecule has 0 radical (unpaired) electrons. The lowest BCUT2D eigenvalue weighted by atomic mass is 10.1. The molecule has 1 aliphatic rings. The maximum atomic E-state index is 11.4. The van der Waals surface area contributed by atoms with Crippen LogP contribution in [0.25, 0.3) is 0 Å². The minimum absolute atomic E-state index is 0.0596. The largest absolute Gasteiger partial charge is 0.340 e. The van der Waals surface area contributed by atoms with Crippen molar-refractivity contribution < 1.29 is 4.79 Å². The molecule has 0 bridgehead atoms. The van der Waals surface area contributed by atoms with E-state index in [2.05, 4.69) is 33.4 Å². The number of hydrogen-bond donors (Lipinski definition) is 1. The van der Waals surface area contributed by atoms with Gasteiger partial charge in [-0.3, -0.25) is 4.79 Å². The van der Waals surface area contributed by atoms with Crippen LogP contribution < -0.4 is 10.2 Å². The minimum atomic E-state index is 0.0596. The highest BCUT2D eigenvalue weighted by Crippen LogP contribution is 2.33. The summed E-state index contributed by atoms with van der Waals surface area (Å²) in [5, 5.41) is 3.31. The van der Waals surface area contributed by atoms with Crippen molar-refractivity contribution in [3.63, 3.8) is 0 Å². The fourth-order valence-electron chi connectivity index (χ4n) is 3.22. The van der Waals surface area contributed by atoms with Crippen molar-refractivity contribution in [1.29, 1.82) is 0 Å². The monoisotopic (exact) mass is 344 g/mol. The van der Waals surface area contributed by atoms with Crippen LogP contribution in [0.2, 0.25) is 0 Å². The van der Waals surface area contributed by atoms with Gasteiger partial charge < -0.3 is 10.2 Å². The van der Waals surface area contributed by atoms with E-state index < -0.39 is 0 Å². The van der Waals surface area contributed by atoms with Gasteiger partial charge in [0.2, 0.25) is 5.95 Å². The topological polar surface area (TPSA) is 58.1 Å². The number of para-hydroxylation sites is 1. The summed E-state index contributed by atoms with van der Waals surface area (Å²) in [6.07, 6.45) is 1.00. The van der Waals surface area contributed by atoms with Gasteiger partial charge in [-0.05, 0) is 56.2 Å². The second-order valence-corrected chi connectivity index (χ2v) is 6.48. The van der Waals surface area contributed by atoms with Gasteiger partial charge in [-0.15, -0.1) is 0 Å². The summed E-state index contributed by atoms with van der Waals surface area (Å²) >= 11 is 0. The highest BCUT2D eigenvalue weighted by atomic mass is 16.1. The van der Waals surface area contributed by atoms with Gasteiger partial charge in [0.05, 0.1) is 0 Å². The van der Waals surface area contributed by atoms with Gasteiger partial charge in [0.25, 0.3) is 0 Å². The van der Waals surface area contributed by atoms with E-state index in [0.29, 0.717) is 11.5 Å². The van der Waals surface area contributed by atoms with Gasteiger partial charge in [0.15, 0.2) is 5.78 Å². The van der Waals surface area contributed by atoms with Crippen LogP contribution >= 0.6 is 0 Å². The number of rotatable bonds is 4. The molecule has 0 atom stereocenters. The van der Waals surface area contributed by atoms with Crippen LogP contribution in [0, 0.1) is 6.92 Å². The van der Waals surface area contributed by atoms with Crippen molar-refractivity contribution in [2.24, 2.45) is 0 Å². The number of aromatic nitrogens is 2. The van der Waals surface area contributed by atoms with E-state index in [-0.39, 0.29) is 5.78 Å². The summed E-state index contributed by atoms with van der Waals surface area (Å²) in [5.41, 5.74) is 4.99. The summed E-state index contributed by atoms with van der Waals surface area (Å²) in [7, 11) is 0. The molecule has 4 rings (SSSR count).